The first-order valence-electron chi connectivity index (χ1n) is 12.5. The molecule has 0 spiro atoms. The lowest BCUT2D eigenvalue weighted by atomic mass is 10.0. The summed E-state index contributed by atoms with van der Waals surface area (Å²) in [6.07, 6.45) is -4.46. The molecule has 4 rings (SSSR count). The fraction of sp³-hybridized carbons (Fsp3) is 0.241. The maximum Gasteiger partial charge on any atom is 0.417 e. The summed E-state index contributed by atoms with van der Waals surface area (Å²) in [6.45, 7) is 0.514. The summed E-state index contributed by atoms with van der Waals surface area (Å²) in [6, 6.07) is 10.9. The number of carbonyl (C=O) groups is 2. The third-order valence-electron chi connectivity index (χ3n) is 6.42. The molecule has 1 N–H and O–H groups in total. The number of hydrogen-bond acceptors (Lipinski definition) is 5. The quantitative estimate of drug-likeness (QED) is 0.316. The zero-order chi connectivity index (χ0) is 30.7. The van der Waals surface area contributed by atoms with Crippen LogP contribution in [-0.4, -0.2) is 48.9 Å². The number of nitrogens with zero attached hydrogens (tertiary/aromatic N) is 2. The van der Waals surface area contributed by atoms with E-state index in [0.717, 1.165) is 6.07 Å². The largest absolute Gasteiger partial charge is 0.481 e. The van der Waals surface area contributed by atoms with E-state index in [1.54, 1.807) is 0 Å². The molecule has 220 valence electrons. The Hall–Kier alpha value is -4.41. The van der Waals surface area contributed by atoms with Gasteiger partial charge in [0.05, 0.1) is 22.6 Å². The van der Waals surface area contributed by atoms with Gasteiger partial charge in [0, 0.05) is 18.7 Å². The Morgan fingerprint density at radius 2 is 1.71 bits per heavy atom. The van der Waals surface area contributed by atoms with Gasteiger partial charge in [-0.3, -0.25) is 9.59 Å². The van der Waals surface area contributed by atoms with Crippen LogP contribution in [0.15, 0.2) is 71.6 Å². The predicted octanol–water partition coefficient (Wildman–Crippen LogP) is 4.94. The first-order chi connectivity index (χ1) is 19.9. The van der Waals surface area contributed by atoms with Gasteiger partial charge >= 0.3 is 12.1 Å². The summed E-state index contributed by atoms with van der Waals surface area (Å²) >= 11 is 0. The Morgan fingerprint density at radius 1 is 1.02 bits per heavy atom. The number of alkyl halides is 3. The molecule has 0 bridgehead atoms. The van der Waals surface area contributed by atoms with Crippen molar-refractivity contribution >= 4 is 27.6 Å². The third kappa shape index (κ3) is 6.24. The van der Waals surface area contributed by atoms with Gasteiger partial charge in [-0.2, -0.15) is 17.5 Å². The summed E-state index contributed by atoms with van der Waals surface area (Å²) in [4.78, 5) is 26.4. The van der Waals surface area contributed by atoms with E-state index in [9.17, 15) is 40.7 Å². The molecule has 1 amide bonds. The molecule has 0 saturated carbocycles. The molecule has 8 nitrogen and oxygen atoms in total. The van der Waals surface area contributed by atoms with Crippen LogP contribution in [0.5, 0.6) is 5.75 Å². The SMILES string of the molecule is CCC#CCOc1ccc(S(=O)(=O)N2Cc3ccccc3N(C(=O)c3c(F)cccc3C(F)(F)F)CC2C(=O)O)cc1. The number of ether oxygens (including phenoxy) is 1. The minimum absolute atomic E-state index is 0.0558. The molecule has 0 saturated heterocycles. The summed E-state index contributed by atoms with van der Waals surface area (Å²) in [5, 5.41) is 10.1. The topological polar surface area (TPSA) is 104 Å². The van der Waals surface area contributed by atoms with Gasteiger partial charge in [0.15, 0.2) is 0 Å². The molecule has 0 aromatic heterocycles. The first-order valence-corrected chi connectivity index (χ1v) is 14.0. The number of benzene rings is 3. The fourth-order valence-corrected chi connectivity index (χ4v) is 6.00. The van der Waals surface area contributed by atoms with E-state index in [1.165, 1.54) is 48.5 Å². The molecule has 13 heteroatoms. The fourth-order valence-electron chi connectivity index (χ4n) is 4.45. The highest BCUT2D eigenvalue weighted by Gasteiger charge is 2.44. The Morgan fingerprint density at radius 3 is 2.36 bits per heavy atom. The van der Waals surface area contributed by atoms with E-state index in [1.807, 2.05) is 6.92 Å². The second-order valence-corrected chi connectivity index (χ2v) is 11.0. The van der Waals surface area contributed by atoms with E-state index in [-0.39, 0.29) is 22.8 Å². The highest BCUT2D eigenvalue weighted by molar-refractivity contribution is 7.89. The Kier molecular flexibility index (Phi) is 8.89. The molecular formula is C29H24F4N2O6S. The zero-order valence-corrected chi connectivity index (χ0v) is 22.9. The van der Waals surface area contributed by atoms with Crippen LogP contribution in [0.2, 0.25) is 0 Å². The molecule has 0 aliphatic carbocycles. The second kappa shape index (κ2) is 12.2. The van der Waals surface area contributed by atoms with Gasteiger partial charge in [0.2, 0.25) is 10.0 Å². The minimum Gasteiger partial charge on any atom is -0.481 e. The monoisotopic (exact) mass is 604 g/mol. The number of fused-ring (bicyclic) bond motifs is 1. The minimum atomic E-state index is -5.10. The molecular weight excluding hydrogens is 580 g/mol. The molecule has 0 radical (unpaired) electrons. The molecule has 42 heavy (non-hydrogen) atoms. The number of hydrogen-bond donors (Lipinski definition) is 1. The van der Waals surface area contributed by atoms with Gasteiger partial charge < -0.3 is 14.7 Å². The number of sulfonamides is 1. The Bertz CT molecular complexity index is 1660. The summed E-state index contributed by atoms with van der Waals surface area (Å²) < 4.78 is 89.6. The van der Waals surface area contributed by atoms with Gasteiger partial charge in [-0.05, 0) is 48.0 Å². The third-order valence-corrected chi connectivity index (χ3v) is 8.29. The average molecular weight is 605 g/mol. The summed E-state index contributed by atoms with van der Waals surface area (Å²) in [7, 11) is -4.54. The Balaban J connectivity index is 1.76. The molecule has 1 atom stereocenters. The number of anilines is 1. The van der Waals surface area contributed by atoms with Crippen LogP contribution in [0.4, 0.5) is 23.2 Å². The number of carboxylic acids is 1. The van der Waals surface area contributed by atoms with Crippen LogP contribution in [0.25, 0.3) is 0 Å². The van der Waals surface area contributed by atoms with Crippen LogP contribution in [0, 0.1) is 17.7 Å². The van der Waals surface area contributed by atoms with Crippen molar-refractivity contribution in [3.8, 4) is 17.6 Å². The number of aliphatic carboxylic acids is 1. The lowest BCUT2D eigenvalue weighted by Gasteiger charge is -2.29. The summed E-state index contributed by atoms with van der Waals surface area (Å²) in [5.74, 6) is 1.32. The van der Waals surface area contributed by atoms with E-state index < -0.39 is 64.2 Å². The second-order valence-electron chi connectivity index (χ2n) is 9.08. The van der Waals surface area contributed by atoms with Crippen LogP contribution in [0.1, 0.15) is 34.8 Å². The molecule has 1 aliphatic rings. The number of halogens is 4. The van der Waals surface area contributed by atoms with E-state index in [0.29, 0.717) is 33.5 Å². The van der Waals surface area contributed by atoms with Crippen molar-refractivity contribution in [2.45, 2.75) is 37.0 Å². The lowest BCUT2D eigenvalue weighted by molar-refractivity contribution is -0.141. The predicted molar refractivity (Wildman–Crippen MR) is 144 cm³/mol. The maximum absolute atomic E-state index is 14.8. The summed E-state index contributed by atoms with van der Waals surface area (Å²) in [5.41, 5.74) is -2.79. The van der Waals surface area contributed by atoms with Crippen molar-refractivity contribution in [2.75, 3.05) is 18.1 Å². The normalized spacial score (nSPS) is 15.6. The van der Waals surface area contributed by atoms with Gasteiger partial charge in [-0.1, -0.05) is 37.1 Å². The maximum atomic E-state index is 14.8. The van der Waals surface area contributed by atoms with Crippen molar-refractivity contribution < 1.29 is 45.4 Å². The number of amides is 1. The standard InChI is InChI=1S/C29H24F4N2O6S/c1-2-3-6-16-41-20-12-14-21(15-13-20)42(39,40)35-17-19-8-4-5-11-24(19)34(18-25(35)28(37)38)27(36)26-22(29(31,32)33)9-7-10-23(26)30/h4-5,7-15,25H,2,16-18H2,1H3,(H,37,38). The van der Waals surface area contributed by atoms with Crippen molar-refractivity contribution in [3.63, 3.8) is 0 Å². The molecule has 1 unspecified atom stereocenters. The van der Waals surface area contributed by atoms with Crippen molar-refractivity contribution in [1.29, 1.82) is 0 Å². The van der Waals surface area contributed by atoms with Crippen molar-refractivity contribution in [2.24, 2.45) is 0 Å². The Labute approximate surface area is 239 Å². The molecule has 3 aromatic rings. The zero-order valence-electron chi connectivity index (χ0n) is 22.1. The van der Waals surface area contributed by atoms with Gasteiger partial charge in [-0.15, -0.1) is 5.92 Å². The highest BCUT2D eigenvalue weighted by Crippen LogP contribution is 2.37. The van der Waals surface area contributed by atoms with Gasteiger partial charge in [-0.25, -0.2) is 12.8 Å². The molecule has 3 aromatic carbocycles. The van der Waals surface area contributed by atoms with Crippen LogP contribution >= 0.6 is 0 Å². The average Bonchev–Trinajstić information content (AvgIpc) is 3.13. The van der Waals surface area contributed by atoms with Crippen molar-refractivity contribution in [1.82, 2.24) is 4.31 Å². The van der Waals surface area contributed by atoms with E-state index >= 15 is 0 Å². The number of carbonyl (C=O) groups excluding carboxylic acids is 1. The van der Waals surface area contributed by atoms with Gasteiger partial charge in [0.1, 0.15) is 24.2 Å². The number of carboxylic acid groups (broad SMARTS) is 1. The number of para-hydroxylation sites is 1. The van der Waals surface area contributed by atoms with Crippen LogP contribution < -0.4 is 9.64 Å². The smallest absolute Gasteiger partial charge is 0.417 e. The van der Waals surface area contributed by atoms with E-state index in [2.05, 4.69) is 11.8 Å². The first kappa shape index (κ1) is 30.5. The highest BCUT2D eigenvalue weighted by atomic mass is 32.2. The molecule has 1 aliphatic heterocycles. The number of rotatable bonds is 6. The van der Waals surface area contributed by atoms with Crippen LogP contribution in [-0.2, 0) is 27.5 Å². The van der Waals surface area contributed by atoms with Crippen molar-refractivity contribution in [3.05, 3.63) is 89.2 Å². The van der Waals surface area contributed by atoms with Gasteiger partial charge in [0.25, 0.3) is 5.91 Å². The van der Waals surface area contributed by atoms with Crippen LogP contribution in [0.3, 0.4) is 0 Å². The molecule has 0 fully saturated rings. The lowest BCUT2D eigenvalue weighted by Crippen LogP contribution is -2.50. The molecule has 1 heterocycles. The van der Waals surface area contributed by atoms with E-state index in [4.69, 9.17) is 4.74 Å².